The predicted molar refractivity (Wildman–Crippen MR) is 94.5 cm³/mol. The lowest BCUT2D eigenvalue weighted by Crippen LogP contribution is -2.34. The first-order chi connectivity index (χ1) is 10.7. The third-order valence-corrected chi connectivity index (χ3v) is 3.58. The number of halogens is 1. The van der Waals surface area contributed by atoms with Gasteiger partial charge in [0, 0.05) is 25.2 Å². The average molecular weight is 333 g/mol. The molecule has 0 bridgehead atoms. The van der Waals surface area contributed by atoms with E-state index >= 15 is 0 Å². The molecule has 0 saturated heterocycles. The molecule has 0 radical (unpaired) electrons. The second-order valence-corrected chi connectivity index (χ2v) is 6.78. The van der Waals surface area contributed by atoms with Gasteiger partial charge in [-0.3, -0.25) is 4.98 Å². The van der Waals surface area contributed by atoms with E-state index in [9.17, 15) is 4.79 Å². The molecule has 1 aromatic heterocycles. The largest absolute Gasteiger partial charge is 0.444 e. The van der Waals surface area contributed by atoms with E-state index in [0.29, 0.717) is 11.6 Å². The van der Waals surface area contributed by atoms with E-state index in [0.717, 1.165) is 22.0 Å². The topological polar surface area (TPSA) is 42.4 Å². The van der Waals surface area contributed by atoms with Crippen molar-refractivity contribution in [2.45, 2.75) is 32.9 Å². The van der Waals surface area contributed by atoms with E-state index in [1.165, 1.54) is 4.90 Å². The summed E-state index contributed by atoms with van der Waals surface area (Å²) in [5.41, 5.74) is 2.02. The second kappa shape index (κ2) is 6.59. The number of amides is 1. The van der Waals surface area contributed by atoms with Gasteiger partial charge < -0.3 is 9.64 Å². The molecule has 1 heterocycles. The van der Waals surface area contributed by atoms with E-state index in [1.54, 1.807) is 19.3 Å². The van der Waals surface area contributed by atoms with Crippen molar-refractivity contribution in [3.05, 3.63) is 47.1 Å². The standard InChI is InChI=1S/C18H21ClN2O2/c1-6-13-12(11-21(5)17(22)23-18(2,3)4)10-15(19)16-14(13)8-7-9-20-16/h6-10H,1,11H2,2-5H3. The summed E-state index contributed by atoms with van der Waals surface area (Å²) in [5.74, 6) is 0. The maximum absolute atomic E-state index is 12.1. The lowest BCUT2D eigenvalue weighted by atomic mass is 10.0. The minimum Gasteiger partial charge on any atom is -0.444 e. The quantitative estimate of drug-likeness (QED) is 0.803. The summed E-state index contributed by atoms with van der Waals surface area (Å²) >= 11 is 6.33. The summed E-state index contributed by atoms with van der Waals surface area (Å²) in [6.07, 6.45) is 3.08. The van der Waals surface area contributed by atoms with Crippen LogP contribution < -0.4 is 0 Å². The molecule has 2 rings (SSSR count). The van der Waals surface area contributed by atoms with Crippen LogP contribution in [0.15, 0.2) is 31.0 Å². The zero-order valence-electron chi connectivity index (χ0n) is 13.9. The summed E-state index contributed by atoms with van der Waals surface area (Å²) in [6, 6.07) is 5.63. The number of carbonyl (C=O) groups is 1. The Bertz CT molecular complexity index is 751. The smallest absolute Gasteiger partial charge is 0.410 e. The fourth-order valence-electron chi connectivity index (χ4n) is 2.32. The highest BCUT2D eigenvalue weighted by Gasteiger charge is 2.21. The summed E-state index contributed by atoms with van der Waals surface area (Å²) < 4.78 is 5.38. The third kappa shape index (κ3) is 4.02. The van der Waals surface area contributed by atoms with E-state index in [-0.39, 0.29) is 6.09 Å². The molecular weight excluding hydrogens is 312 g/mol. The van der Waals surface area contributed by atoms with Gasteiger partial charge in [-0.2, -0.15) is 0 Å². The molecule has 0 aliphatic carbocycles. The number of benzene rings is 1. The summed E-state index contributed by atoms with van der Waals surface area (Å²) in [4.78, 5) is 18.0. The number of fused-ring (bicyclic) bond motifs is 1. The van der Waals surface area contributed by atoms with Gasteiger partial charge in [0.25, 0.3) is 0 Å². The molecule has 0 unspecified atom stereocenters. The number of carbonyl (C=O) groups excluding carboxylic acids is 1. The average Bonchev–Trinajstić information content (AvgIpc) is 2.46. The van der Waals surface area contributed by atoms with Crippen molar-refractivity contribution in [2.24, 2.45) is 0 Å². The minimum atomic E-state index is -0.530. The number of pyridine rings is 1. The highest BCUT2D eigenvalue weighted by molar-refractivity contribution is 6.35. The Morgan fingerprint density at radius 3 is 2.78 bits per heavy atom. The van der Waals surface area contributed by atoms with Crippen molar-refractivity contribution in [3.8, 4) is 0 Å². The SMILES string of the molecule is C=Cc1c(CN(C)C(=O)OC(C)(C)C)cc(Cl)c2ncccc12. The number of hydrogen-bond acceptors (Lipinski definition) is 3. The van der Waals surface area contributed by atoms with Gasteiger partial charge in [-0.15, -0.1) is 0 Å². The van der Waals surface area contributed by atoms with Gasteiger partial charge in [-0.25, -0.2) is 4.79 Å². The zero-order chi connectivity index (χ0) is 17.2. The Morgan fingerprint density at radius 1 is 1.48 bits per heavy atom. The van der Waals surface area contributed by atoms with Gasteiger partial charge in [0.05, 0.1) is 10.5 Å². The Labute approximate surface area is 141 Å². The first-order valence-corrected chi connectivity index (χ1v) is 7.73. The van der Waals surface area contributed by atoms with Crippen LogP contribution >= 0.6 is 11.6 Å². The molecule has 0 atom stereocenters. The van der Waals surface area contributed by atoms with E-state index in [4.69, 9.17) is 16.3 Å². The fraction of sp³-hybridized carbons (Fsp3) is 0.333. The van der Waals surface area contributed by atoms with Crippen molar-refractivity contribution >= 4 is 34.7 Å². The summed E-state index contributed by atoms with van der Waals surface area (Å²) in [6.45, 7) is 9.77. The van der Waals surface area contributed by atoms with Crippen molar-refractivity contribution in [1.29, 1.82) is 0 Å². The van der Waals surface area contributed by atoms with Crippen LogP contribution in [0.3, 0.4) is 0 Å². The van der Waals surface area contributed by atoms with Gasteiger partial charge in [-0.1, -0.05) is 30.3 Å². The Hall–Kier alpha value is -2.07. The Balaban J connectivity index is 2.36. The maximum atomic E-state index is 12.1. The van der Waals surface area contributed by atoms with E-state index in [1.807, 2.05) is 39.0 Å². The van der Waals surface area contributed by atoms with Crippen LogP contribution in [-0.2, 0) is 11.3 Å². The van der Waals surface area contributed by atoms with Crippen molar-refractivity contribution in [3.63, 3.8) is 0 Å². The predicted octanol–water partition coefficient (Wildman–Crippen LogP) is 4.90. The Morgan fingerprint density at radius 2 is 2.17 bits per heavy atom. The zero-order valence-corrected chi connectivity index (χ0v) is 14.6. The van der Waals surface area contributed by atoms with Crippen LogP contribution in [0.5, 0.6) is 0 Å². The van der Waals surface area contributed by atoms with E-state index < -0.39 is 5.60 Å². The van der Waals surface area contributed by atoms with Gasteiger partial charge in [0.1, 0.15) is 5.60 Å². The molecule has 0 fully saturated rings. The lowest BCUT2D eigenvalue weighted by Gasteiger charge is -2.25. The summed E-state index contributed by atoms with van der Waals surface area (Å²) in [5, 5.41) is 1.47. The van der Waals surface area contributed by atoms with E-state index in [2.05, 4.69) is 11.6 Å². The molecule has 23 heavy (non-hydrogen) atoms. The molecule has 4 nitrogen and oxygen atoms in total. The van der Waals surface area contributed by atoms with Crippen molar-refractivity contribution in [2.75, 3.05) is 7.05 Å². The molecule has 122 valence electrons. The number of aromatic nitrogens is 1. The molecule has 0 saturated carbocycles. The minimum absolute atomic E-state index is 0.376. The third-order valence-electron chi connectivity index (χ3n) is 3.29. The van der Waals surface area contributed by atoms with Crippen LogP contribution in [0.25, 0.3) is 17.0 Å². The molecule has 0 spiro atoms. The van der Waals surface area contributed by atoms with Crippen LogP contribution in [0.1, 0.15) is 31.9 Å². The lowest BCUT2D eigenvalue weighted by molar-refractivity contribution is 0.0285. The first-order valence-electron chi connectivity index (χ1n) is 7.35. The number of ether oxygens (including phenoxy) is 1. The second-order valence-electron chi connectivity index (χ2n) is 6.37. The number of hydrogen-bond donors (Lipinski definition) is 0. The number of nitrogens with zero attached hydrogens (tertiary/aromatic N) is 2. The van der Waals surface area contributed by atoms with Crippen LogP contribution in [-0.4, -0.2) is 28.6 Å². The summed E-state index contributed by atoms with van der Waals surface area (Å²) in [7, 11) is 1.70. The monoisotopic (exact) mass is 332 g/mol. The van der Waals surface area contributed by atoms with Gasteiger partial charge in [-0.05, 0) is 44.0 Å². The Kier molecular flexibility index (Phi) is 4.95. The first kappa shape index (κ1) is 17.3. The van der Waals surface area contributed by atoms with Gasteiger partial charge >= 0.3 is 6.09 Å². The highest BCUT2D eigenvalue weighted by Crippen LogP contribution is 2.29. The molecule has 1 aromatic carbocycles. The van der Waals surface area contributed by atoms with Crippen molar-refractivity contribution < 1.29 is 9.53 Å². The highest BCUT2D eigenvalue weighted by atomic mass is 35.5. The van der Waals surface area contributed by atoms with Crippen LogP contribution in [0.4, 0.5) is 4.79 Å². The normalized spacial score (nSPS) is 11.3. The fourth-order valence-corrected chi connectivity index (χ4v) is 2.60. The molecule has 0 aliphatic heterocycles. The molecule has 0 aliphatic rings. The van der Waals surface area contributed by atoms with Gasteiger partial charge in [0.2, 0.25) is 0 Å². The number of rotatable bonds is 3. The maximum Gasteiger partial charge on any atom is 0.410 e. The van der Waals surface area contributed by atoms with Crippen molar-refractivity contribution in [1.82, 2.24) is 9.88 Å². The molecular formula is C18H21ClN2O2. The molecule has 1 amide bonds. The molecule has 0 N–H and O–H groups in total. The molecule has 2 aromatic rings. The van der Waals surface area contributed by atoms with Crippen LogP contribution in [0, 0.1) is 0 Å². The molecule has 5 heteroatoms. The van der Waals surface area contributed by atoms with Crippen LogP contribution in [0.2, 0.25) is 5.02 Å². The van der Waals surface area contributed by atoms with Gasteiger partial charge in [0.15, 0.2) is 0 Å².